The molecule has 0 saturated carbocycles. The minimum absolute atomic E-state index is 0.118. The maximum absolute atomic E-state index is 6.39. The van der Waals surface area contributed by atoms with Gasteiger partial charge in [0.25, 0.3) is 0 Å². The molecule has 0 saturated heterocycles. The molecule has 0 aliphatic heterocycles. The van der Waals surface area contributed by atoms with E-state index in [2.05, 4.69) is 21.9 Å². The third-order valence-corrected chi connectivity index (χ3v) is 5.16. The van der Waals surface area contributed by atoms with Crippen molar-refractivity contribution in [2.24, 2.45) is 5.84 Å². The third-order valence-electron chi connectivity index (χ3n) is 3.38. The summed E-state index contributed by atoms with van der Waals surface area (Å²) in [7, 11) is 0. The average Bonchev–Trinajstić information content (AvgIpc) is 2.81. The van der Waals surface area contributed by atoms with Crippen molar-refractivity contribution in [2.75, 3.05) is 0 Å². The summed E-state index contributed by atoms with van der Waals surface area (Å²) in [6, 6.07) is 8.01. The molecule has 0 radical (unpaired) electrons. The summed E-state index contributed by atoms with van der Waals surface area (Å²) in [5.41, 5.74) is 5.07. The van der Waals surface area contributed by atoms with Gasteiger partial charge in [-0.05, 0) is 34.9 Å². The van der Waals surface area contributed by atoms with Gasteiger partial charge in [0.1, 0.15) is 0 Å². The first kappa shape index (κ1) is 13.5. The summed E-state index contributed by atoms with van der Waals surface area (Å²) in [5.74, 6) is 5.79. The number of pyridine rings is 1. The van der Waals surface area contributed by atoms with E-state index in [-0.39, 0.29) is 6.04 Å². The topological polar surface area (TPSA) is 50.9 Å². The molecule has 1 unspecified atom stereocenters. The van der Waals surface area contributed by atoms with Gasteiger partial charge in [-0.15, -0.1) is 11.3 Å². The Morgan fingerprint density at radius 1 is 1.35 bits per heavy atom. The molecule has 0 aliphatic carbocycles. The van der Waals surface area contributed by atoms with Crippen LogP contribution in [0.4, 0.5) is 0 Å². The molecule has 2 aromatic heterocycles. The number of thiophene rings is 1. The summed E-state index contributed by atoms with van der Waals surface area (Å²) < 4.78 is 0. The van der Waals surface area contributed by atoms with Gasteiger partial charge < -0.3 is 0 Å². The minimum Gasteiger partial charge on any atom is -0.271 e. The molecule has 20 heavy (non-hydrogen) atoms. The first-order valence-electron chi connectivity index (χ1n) is 6.24. The SMILES string of the molecule is Cc1csc(C(NN)c2cccc3cnccc23)c1Cl. The predicted molar refractivity (Wildman–Crippen MR) is 85.0 cm³/mol. The number of hydrogen-bond donors (Lipinski definition) is 2. The second kappa shape index (κ2) is 5.50. The van der Waals surface area contributed by atoms with Gasteiger partial charge in [0.05, 0.1) is 11.1 Å². The van der Waals surface area contributed by atoms with Gasteiger partial charge in [-0.3, -0.25) is 10.8 Å². The van der Waals surface area contributed by atoms with Gasteiger partial charge in [0.15, 0.2) is 0 Å². The van der Waals surface area contributed by atoms with E-state index in [1.54, 1.807) is 17.5 Å². The average molecular weight is 304 g/mol. The van der Waals surface area contributed by atoms with Gasteiger partial charge in [-0.1, -0.05) is 29.8 Å². The zero-order valence-corrected chi connectivity index (χ0v) is 12.5. The number of nitrogens with two attached hydrogens (primary N) is 1. The Morgan fingerprint density at radius 2 is 2.20 bits per heavy atom. The summed E-state index contributed by atoms with van der Waals surface area (Å²) >= 11 is 8.01. The molecule has 1 aromatic carbocycles. The van der Waals surface area contributed by atoms with E-state index in [4.69, 9.17) is 17.4 Å². The number of rotatable bonds is 3. The Hall–Kier alpha value is -1.46. The highest BCUT2D eigenvalue weighted by atomic mass is 35.5. The van der Waals surface area contributed by atoms with Gasteiger partial charge >= 0.3 is 0 Å². The molecule has 0 bridgehead atoms. The number of fused-ring (bicyclic) bond motifs is 1. The highest BCUT2D eigenvalue weighted by Crippen LogP contribution is 2.37. The first-order valence-corrected chi connectivity index (χ1v) is 7.50. The zero-order valence-electron chi connectivity index (χ0n) is 10.9. The minimum atomic E-state index is -0.118. The highest BCUT2D eigenvalue weighted by Gasteiger charge is 2.20. The Balaban J connectivity index is 2.19. The van der Waals surface area contributed by atoms with Crippen molar-refractivity contribution in [3.05, 3.63) is 63.1 Å². The summed E-state index contributed by atoms with van der Waals surface area (Å²) in [6.07, 6.45) is 3.65. The molecule has 3 rings (SSSR count). The zero-order chi connectivity index (χ0) is 14.1. The molecule has 0 fully saturated rings. The Morgan fingerprint density at radius 3 is 2.90 bits per heavy atom. The number of aromatic nitrogens is 1. The van der Waals surface area contributed by atoms with E-state index < -0.39 is 0 Å². The number of aryl methyl sites for hydroxylation is 1. The van der Waals surface area contributed by atoms with Crippen LogP contribution in [0.2, 0.25) is 5.02 Å². The molecule has 0 aliphatic rings. The quantitative estimate of drug-likeness (QED) is 0.571. The van der Waals surface area contributed by atoms with Crippen molar-refractivity contribution < 1.29 is 0 Å². The van der Waals surface area contributed by atoms with Crippen molar-refractivity contribution in [3.63, 3.8) is 0 Å². The van der Waals surface area contributed by atoms with Crippen LogP contribution in [0.5, 0.6) is 0 Å². The Labute approximate surface area is 126 Å². The van der Waals surface area contributed by atoms with Crippen molar-refractivity contribution >= 4 is 33.7 Å². The molecule has 2 heterocycles. The maximum atomic E-state index is 6.39. The van der Waals surface area contributed by atoms with Crippen molar-refractivity contribution in [1.29, 1.82) is 0 Å². The fraction of sp³-hybridized carbons (Fsp3) is 0.133. The van der Waals surface area contributed by atoms with Crippen LogP contribution in [-0.4, -0.2) is 4.98 Å². The number of nitrogens with zero attached hydrogens (tertiary/aromatic N) is 1. The van der Waals surface area contributed by atoms with Crippen LogP contribution < -0.4 is 11.3 Å². The molecule has 5 heteroatoms. The largest absolute Gasteiger partial charge is 0.271 e. The lowest BCUT2D eigenvalue weighted by Gasteiger charge is -2.17. The van der Waals surface area contributed by atoms with E-state index in [1.165, 1.54) is 0 Å². The Bertz CT molecular complexity index is 748. The van der Waals surface area contributed by atoms with Crippen LogP contribution in [0, 0.1) is 6.92 Å². The van der Waals surface area contributed by atoms with E-state index in [0.29, 0.717) is 0 Å². The third kappa shape index (κ3) is 2.21. The molecule has 1 atom stereocenters. The van der Waals surface area contributed by atoms with E-state index in [1.807, 2.05) is 31.3 Å². The van der Waals surface area contributed by atoms with Crippen LogP contribution in [0.1, 0.15) is 22.0 Å². The number of hydrogen-bond acceptors (Lipinski definition) is 4. The molecule has 3 N–H and O–H groups in total. The standard InChI is InChI=1S/C15H14ClN3S/c1-9-8-20-15(13(9)16)14(19-17)12-4-2-3-10-7-18-6-5-11(10)12/h2-8,14,19H,17H2,1H3. The number of halogens is 1. The van der Waals surface area contributed by atoms with E-state index >= 15 is 0 Å². The van der Waals surface area contributed by atoms with Crippen LogP contribution in [0.25, 0.3) is 10.8 Å². The second-order valence-corrected chi connectivity index (χ2v) is 5.93. The van der Waals surface area contributed by atoms with Crippen LogP contribution in [0.15, 0.2) is 42.0 Å². The van der Waals surface area contributed by atoms with Crippen molar-refractivity contribution in [1.82, 2.24) is 10.4 Å². The lowest BCUT2D eigenvalue weighted by Crippen LogP contribution is -2.28. The molecular formula is C15H14ClN3S. The Kier molecular flexibility index (Phi) is 3.72. The van der Waals surface area contributed by atoms with Crippen LogP contribution >= 0.6 is 22.9 Å². The smallest absolute Gasteiger partial charge is 0.0823 e. The lowest BCUT2D eigenvalue weighted by molar-refractivity contribution is 0.650. The number of nitrogens with one attached hydrogen (secondary N) is 1. The molecule has 0 amide bonds. The molecule has 3 nitrogen and oxygen atoms in total. The molecule has 102 valence electrons. The molecule has 0 spiro atoms. The first-order chi connectivity index (χ1) is 9.72. The summed E-state index contributed by atoms with van der Waals surface area (Å²) in [6.45, 7) is 2.00. The van der Waals surface area contributed by atoms with Crippen LogP contribution in [0.3, 0.4) is 0 Å². The van der Waals surface area contributed by atoms with Gasteiger partial charge in [-0.2, -0.15) is 0 Å². The van der Waals surface area contributed by atoms with Crippen molar-refractivity contribution in [2.45, 2.75) is 13.0 Å². The molecule has 3 aromatic rings. The highest BCUT2D eigenvalue weighted by molar-refractivity contribution is 7.10. The molecular weight excluding hydrogens is 290 g/mol. The fourth-order valence-electron chi connectivity index (χ4n) is 2.35. The monoisotopic (exact) mass is 303 g/mol. The normalized spacial score (nSPS) is 12.8. The lowest BCUT2D eigenvalue weighted by atomic mass is 9.99. The van der Waals surface area contributed by atoms with Gasteiger partial charge in [0, 0.05) is 22.7 Å². The van der Waals surface area contributed by atoms with Gasteiger partial charge in [0.2, 0.25) is 0 Å². The second-order valence-electron chi connectivity index (χ2n) is 4.64. The fourth-order valence-corrected chi connectivity index (χ4v) is 3.73. The number of hydrazine groups is 1. The van der Waals surface area contributed by atoms with Gasteiger partial charge in [-0.25, -0.2) is 5.43 Å². The van der Waals surface area contributed by atoms with Crippen molar-refractivity contribution in [3.8, 4) is 0 Å². The van der Waals surface area contributed by atoms with E-state index in [9.17, 15) is 0 Å². The number of benzene rings is 1. The maximum Gasteiger partial charge on any atom is 0.0823 e. The predicted octanol–water partition coefficient (Wildman–Crippen LogP) is 3.81. The van der Waals surface area contributed by atoms with Crippen LogP contribution in [-0.2, 0) is 0 Å². The summed E-state index contributed by atoms with van der Waals surface area (Å²) in [5, 5.41) is 5.06. The summed E-state index contributed by atoms with van der Waals surface area (Å²) in [4.78, 5) is 5.20. The van der Waals surface area contributed by atoms with E-state index in [0.717, 1.165) is 31.8 Å².